The Balaban J connectivity index is 2.11. The number of benzene rings is 1. The van der Waals surface area contributed by atoms with Gasteiger partial charge in [-0.15, -0.1) is 0 Å². The summed E-state index contributed by atoms with van der Waals surface area (Å²) in [5, 5.41) is 16.1. The first-order valence-electron chi connectivity index (χ1n) is 6.09. The van der Waals surface area contributed by atoms with E-state index in [0.717, 1.165) is 16.5 Å². The third-order valence-electron chi connectivity index (χ3n) is 3.15. The summed E-state index contributed by atoms with van der Waals surface area (Å²) in [5.74, 6) is 0.423. The van der Waals surface area contributed by atoms with Crippen molar-refractivity contribution in [3.63, 3.8) is 0 Å². The van der Waals surface area contributed by atoms with Crippen LogP contribution >= 0.6 is 0 Å². The number of nitro groups is 1. The average molecular weight is 272 g/mol. The molecule has 0 spiro atoms. The number of hydrogen-bond acceptors (Lipinski definition) is 5. The summed E-state index contributed by atoms with van der Waals surface area (Å²) >= 11 is 0. The van der Waals surface area contributed by atoms with Crippen LogP contribution in [0.1, 0.15) is 17.4 Å². The second-order valence-electron chi connectivity index (χ2n) is 4.59. The van der Waals surface area contributed by atoms with Crippen LogP contribution in [-0.2, 0) is 0 Å². The van der Waals surface area contributed by atoms with E-state index in [1.807, 2.05) is 25.1 Å². The van der Waals surface area contributed by atoms with Crippen molar-refractivity contribution in [1.82, 2.24) is 14.8 Å². The molecule has 7 heteroatoms. The molecule has 0 saturated heterocycles. The summed E-state index contributed by atoms with van der Waals surface area (Å²) in [6.45, 7) is 1.68. The molecule has 20 heavy (non-hydrogen) atoms. The maximum absolute atomic E-state index is 10.9. The van der Waals surface area contributed by atoms with Crippen molar-refractivity contribution in [3.8, 4) is 0 Å². The molecule has 0 N–H and O–H groups in total. The molecule has 0 fully saturated rings. The molecular weight excluding hydrogens is 260 g/mol. The van der Waals surface area contributed by atoms with Gasteiger partial charge in [0.1, 0.15) is 0 Å². The van der Waals surface area contributed by atoms with Gasteiger partial charge in [-0.25, -0.2) is 9.67 Å². The Bertz CT molecular complexity index is 748. The Hall–Kier alpha value is -2.70. The highest BCUT2D eigenvalue weighted by atomic mass is 16.6. The number of oxazole rings is 1. The molecule has 0 saturated carbocycles. The first kappa shape index (κ1) is 12.3. The van der Waals surface area contributed by atoms with Gasteiger partial charge in [0.15, 0.2) is 18.2 Å². The maximum atomic E-state index is 10.9. The van der Waals surface area contributed by atoms with Gasteiger partial charge >= 0.3 is 0 Å². The molecule has 0 amide bonds. The molecule has 2 aromatic heterocycles. The zero-order valence-corrected chi connectivity index (χ0v) is 10.8. The molecule has 2 heterocycles. The van der Waals surface area contributed by atoms with Gasteiger partial charge in [-0.3, -0.25) is 10.1 Å². The van der Waals surface area contributed by atoms with Gasteiger partial charge in [0, 0.05) is 10.3 Å². The second kappa shape index (κ2) is 4.76. The van der Waals surface area contributed by atoms with Gasteiger partial charge in [-0.05, 0) is 19.1 Å². The van der Waals surface area contributed by atoms with Gasteiger partial charge in [0.05, 0.1) is 17.9 Å². The number of aryl methyl sites for hydroxylation is 1. The van der Waals surface area contributed by atoms with E-state index < -0.39 is 6.04 Å². The topological polar surface area (TPSA) is 87.0 Å². The summed E-state index contributed by atoms with van der Waals surface area (Å²) < 4.78 is 6.83. The van der Waals surface area contributed by atoms with Crippen LogP contribution < -0.4 is 0 Å². The summed E-state index contributed by atoms with van der Waals surface area (Å²) in [7, 11) is 0. The third kappa shape index (κ3) is 2.13. The number of fused-ring (bicyclic) bond motifs is 1. The molecule has 0 aliphatic rings. The van der Waals surface area contributed by atoms with Crippen molar-refractivity contribution < 1.29 is 9.34 Å². The molecule has 1 aromatic carbocycles. The van der Waals surface area contributed by atoms with Gasteiger partial charge in [0.25, 0.3) is 0 Å². The van der Waals surface area contributed by atoms with Crippen LogP contribution in [0.4, 0.5) is 0 Å². The van der Waals surface area contributed by atoms with E-state index in [1.165, 1.54) is 12.6 Å². The second-order valence-corrected chi connectivity index (χ2v) is 4.59. The van der Waals surface area contributed by atoms with Crippen molar-refractivity contribution in [2.75, 3.05) is 6.54 Å². The lowest BCUT2D eigenvalue weighted by molar-refractivity contribution is -0.485. The Kier molecular flexibility index (Phi) is 2.94. The first-order chi connectivity index (χ1) is 9.65. The largest absolute Gasteiger partial charge is 0.446 e. The third-order valence-corrected chi connectivity index (χ3v) is 3.15. The number of hydrogen-bond donors (Lipinski definition) is 0. The van der Waals surface area contributed by atoms with E-state index in [0.29, 0.717) is 5.76 Å². The van der Waals surface area contributed by atoms with E-state index in [2.05, 4.69) is 10.1 Å². The first-order valence-corrected chi connectivity index (χ1v) is 6.09. The zero-order valence-electron chi connectivity index (χ0n) is 10.8. The molecule has 102 valence electrons. The quantitative estimate of drug-likeness (QED) is 0.536. The number of rotatable bonds is 4. The van der Waals surface area contributed by atoms with E-state index in [-0.39, 0.29) is 11.5 Å². The van der Waals surface area contributed by atoms with E-state index in [1.54, 1.807) is 10.9 Å². The van der Waals surface area contributed by atoms with E-state index >= 15 is 0 Å². The lowest BCUT2D eigenvalue weighted by atomic mass is 10.1. The van der Waals surface area contributed by atoms with Crippen LogP contribution in [0, 0.1) is 17.0 Å². The van der Waals surface area contributed by atoms with Gasteiger partial charge < -0.3 is 4.42 Å². The van der Waals surface area contributed by atoms with Crippen molar-refractivity contribution in [2.24, 2.45) is 0 Å². The molecule has 0 aliphatic heterocycles. The van der Waals surface area contributed by atoms with Crippen molar-refractivity contribution >= 4 is 10.9 Å². The van der Waals surface area contributed by atoms with Crippen LogP contribution in [-0.4, -0.2) is 26.2 Å². The Labute approximate surface area is 114 Å². The fraction of sp³-hybridized carbons (Fsp3) is 0.231. The van der Waals surface area contributed by atoms with Crippen molar-refractivity contribution in [1.29, 1.82) is 0 Å². The fourth-order valence-electron chi connectivity index (χ4n) is 2.24. The minimum absolute atomic E-state index is 0.306. The highest BCUT2D eigenvalue weighted by Crippen LogP contribution is 2.24. The summed E-state index contributed by atoms with van der Waals surface area (Å²) in [6.07, 6.45) is 4.44. The minimum Gasteiger partial charge on any atom is -0.446 e. The highest BCUT2D eigenvalue weighted by molar-refractivity contribution is 5.79. The Morgan fingerprint density at radius 1 is 1.45 bits per heavy atom. The Morgan fingerprint density at radius 3 is 3.00 bits per heavy atom. The molecule has 7 nitrogen and oxygen atoms in total. The van der Waals surface area contributed by atoms with E-state index in [4.69, 9.17) is 4.42 Å². The normalized spacial score (nSPS) is 12.7. The minimum atomic E-state index is -0.604. The molecule has 3 rings (SSSR count). The predicted molar refractivity (Wildman–Crippen MR) is 71.0 cm³/mol. The molecule has 1 atom stereocenters. The van der Waals surface area contributed by atoms with Crippen molar-refractivity contribution in [2.45, 2.75) is 13.0 Å². The predicted octanol–water partition coefficient (Wildman–Crippen LogP) is 2.20. The van der Waals surface area contributed by atoms with Crippen LogP contribution in [0.15, 0.2) is 41.4 Å². The molecule has 1 unspecified atom stereocenters. The van der Waals surface area contributed by atoms with Gasteiger partial charge in [0.2, 0.25) is 6.54 Å². The van der Waals surface area contributed by atoms with Crippen LogP contribution in [0.25, 0.3) is 10.9 Å². The summed E-state index contributed by atoms with van der Waals surface area (Å²) in [5.41, 5.74) is 1.95. The van der Waals surface area contributed by atoms with Gasteiger partial charge in [-0.2, -0.15) is 5.10 Å². The molecular formula is C13H12N4O3. The lowest BCUT2D eigenvalue weighted by Crippen LogP contribution is -2.20. The van der Waals surface area contributed by atoms with Gasteiger partial charge in [-0.1, -0.05) is 11.6 Å². The Morgan fingerprint density at radius 2 is 2.30 bits per heavy atom. The average Bonchev–Trinajstić information content (AvgIpc) is 3.04. The lowest BCUT2D eigenvalue weighted by Gasteiger charge is -2.11. The smallest absolute Gasteiger partial charge is 0.233 e. The molecule has 0 bridgehead atoms. The maximum Gasteiger partial charge on any atom is 0.233 e. The van der Waals surface area contributed by atoms with E-state index in [9.17, 15) is 10.1 Å². The summed E-state index contributed by atoms with van der Waals surface area (Å²) in [4.78, 5) is 14.3. The summed E-state index contributed by atoms with van der Waals surface area (Å²) in [6, 6.07) is 5.24. The zero-order chi connectivity index (χ0) is 14.1. The number of aromatic nitrogens is 3. The number of nitrogens with zero attached hydrogens (tertiary/aromatic N) is 4. The molecule has 0 radical (unpaired) electrons. The highest BCUT2D eigenvalue weighted by Gasteiger charge is 2.25. The SMILES string of the molecule is Cc1ccc2c(cnn2C(C[N+](=O)[O-])c2cnco2)c1. The standard InChI is InChI=1S/C13H12N4O3/c1-9-2-3-11-10(4-9)5-15-17(11)12(7-16(18)19)13-6-14-8-20-13/h2-6,8,12H,7H2,1H3. The van der Waals surface area contributed by atoms with Crippen LogP contribution in [0.2, 0.25) is 0 Å². The molecule has 3 aromatic rings. The van der Waals surface area contributed by atoms with Crippen LogP contribution in [0.5, 0.6) is 0 Å². The monoisotopic (exact) mass is 272 g/mol. The van der Waals surface area contributed by atoms with Crippen LogP contribution in [0.3, 0.4) is 0 Å². The fourth-order valence-corrected chi connectivity index (χ4v) is 2.24. The molecule has 0 aliphatic carbocycles. The van der Waals surface area contributed by atoms with Crippen molar-refractivity contribution in [3.05, 3.63) is 58.4 Å².